The Labute approximate surface area is 110 Å². The number of anilines is 2. The molecule has 18 heavy (non-hydrogen) atoms. The lowest BCUT2D eigenvalue weighted by atomic mass is 10.2. The van der Waals surface area contributed by atoms with Crippen LogP contribution in [0.25, 0.3) is 0 Å². The average molecular weight is 249 g/mol. The Hall–Kier alpha value is -1.42. The third kappa shape index (κ3) is 2.88. The molecule has 100 valence electrons. The van der Waals surface area contributed by atoms with Crippen molar-refractivity contribution in [3.63, 3.8) is 0 Å². The first-order valence-electron chi connectivity index (χ1n) is 6.54. The van der Waals surface area contributed by atoms with E-state index in [1.807, 2.05) is 13.1 Å². The van der Waals surface area contributed by atoms with Crippen molar-refractivity contribution >= 4 is 11.4 Å². The molecule has 4 heteroatoms. The van der Waals surface area contributed by atoms with Crippen molar-refractivity contribution in [2.75, 3.05) is 57.6 Å². The molecule has 0 aromatic heterocycles. The van der Waals surface area contributed by atoms with Crippen molar-refractivity contribution in [3.05, 3.63) is 18.2 Å². The van der Waals surface area contributed by atoms with E-state index in [-0.39, 0.29) is 0 Å². The minimum atomic E-state index is 0.896. The lowest BCUT2D eigenvalue weighted by Crippen LogP contribution is -2.28. The number of likely N-dealkylation sites (N-methyl/N-ethyl adjacent to an activating group) is 1. The summed E-state index contributed by atoms with van der Waals surface area (Å²) in [5.74, 6) is 0.896. The van der Waals surface area contributed by atoms with Crippen LogP contribution in [0.3, 0.4) is 0 Å². The van der Waals surface area contributed by atoms with E-state index in [9.17, 15) is 0 Å². The van der Waals surface area contributed by atoms with Gasteiger partial charge in [-0.3, -0.25) is 0 Å². The normalized spacial score (nSPS) is 17.4. The van der Waals surface area contributed by atoms with E-state index in [1.165, 1.54) is 18.7 Å². The van der Waals surface area contributed by atoms with Gasteiger partial charge in [0.1, 0.15) is 5.75 Å². The van der Waals surface area contributed by atoms with Gasteiger partial charge in [0, 0.05) is 32.4 Å². The van der Waals surface area contributed by atoms with Gasteiger partial charge in [0.25, 0.3) is 0 Å². The molecule has 0 spiro atoms. The smallest absolute Gasteiger partial charge is 0.142 e. The highest BCUT2D eigenvalue weighted by atomic mass is 16.5. The number of hydrogen-bond acceptors (Lipinski definition) is 4. The molecule has 1 N–H and O–H groups in total. The summed E-state index contributed by atoms with van der Waals surface area (Å²) >= 11 is 0. The minimum Gasteiger partial charge on any atom is -0.495 e. The van der Waals surface area contributed by atoms with Crippen molar-refractivity contribution in [1.29, 1.82) is 0 Å². The van der Waals surface area contributed by atoms with Crippen LogP contribution in [0, 0.1) is 0 Å². The predicted molar refractivity (Wildman–Crippen MR) is 76.9 cm³/mol. The number of hydrogen-bond donors (Lipinski definition) is 1. The number of methoxy groups -OCH3 is 1. The third-order valence-corrected chi connectivity index (χ3v) is 3.54. The highest BCUT2D eigenvalue weighted by Crippen LogP contribution is 2.29. The van der Waals surface area contributed by atoms with Gasteiger partial charge in [-0.15, -0.1) is 0 Å². The Bertz CT molecular complexity index is 395. The Morgan fingerprint density at radius 2 is 2.00 bits per heavy atom. The summed E-state index contributed by atoms with van der Waals surface area (Å²) in [5.41, 5.74) is 2.32. The van der Waals surface area contributed by atoms with Gasteiger partial charge >= 0.3 is 0 Å². The maximum Gasteiger partial charge on any atom is 0.142 e. The number of nitrogens with one attached hydrogen (secondary N) is 1. The largest absolute Gasteiger partial charge is 0.495 e. The second kappa shape index (κ2) is 5.96. The van der Waals surface area contributed by atoms with Crippen molar-refractivity contribution < 1.29 is 4.74 Å². The molecule has 4 nitrogen and oxygen atoms in total. The molecule has 2 rings (SSSR count). The molecule has 0 aliphatic carbocycles. The van der Waals surface area contributed by atoms with Crippen LogP contribution in [0.5, 0.6) is 5.75 Å². The summed E-state index contributed by atoms with van der Waals surface area (Å²) in [6, 6.07) is 6.35. The van der Waals surface area contributed by atoms with Crippen LogP contribution >= 0.6 is 0 Å². The zero-order valence-corrected chi connectivity index (χ0v) is 11.6. The molecule has 0 radical (unpaired) electrons. The fourth-order valence-electron chi connectivity index (χ4n) is 2.39. The number of nitrogens with zero attached hydrogens (tertiary/aromatic N) is 2. The van der Waals surface area contributed by atoms with Crippen molar-refractivity contribution in [2.45, 2.75) is 6.42 Å². The second-order valence-corrected chi connectivity index (χ2v) is 4.78. The first-order valence-corrected chi connectivity index (χ1v) is 6.54. The van der Waals surface area contributed by atoms with Crippen LogP contribution in [0.4, 0.5) is 11.4 Å². The molecule has 1 aliphatic heterocycles. The van der Waals surface area contributed by atoms with Crippen LogP contribution in [-0.2, 0) is 0 Å². The number of rotatable bonds is 3. The van der Waals surface area contributed by atoms with Crippen LogP contribution < -0.4 is 15.0 Å². The summed E-state index contributed by atoms with van der Waals surface area (Å²) in [6.45, 7) is 4.53. The number of ether oxygens (including phenoxy) is 1. The zero-order valence-electron chi connectivity index (χ0n) is 11.6. The number of benzene rings is 1. The van der Waals surface area contributed by atoms with E-state index in [1.54, 1.807) is 7.11 Å². The van der Waals surface area contributed by atoms with Crippen LogP contribution in [0.1, 0.15) is 6.42 Å². The molecule has 1 saturated heterocycles. The monoisotopic (exact) mass is 249 g/mol. The summed E-state index contributed by atoms with van der Waals surface area (Å²) in [4.78, 5) is 4.84. The standard InChI is InChI=1S/C14H23N3O/c1-15-13-11-12(5-6-14(13)18-3)17-8-4-7-16(2)9-10-17/h5-6,11,15H,4,7-10H2,1-3H3. The van der Waals surface area contributed by atoms with Crippen molar-refractivity contribution in [1.82, 2.24) is 4.90 Å². The molecule has 0 unspecified atom stereocenters. The first-order chi connectivity index (χ1) is 8.74. The topological polar surface area (TPSA) is 27.7 Å². The SMILES string of the molecule is CNc1cc(N2CCCN(C)CC2)ccc1OC. The molecular formula is C14H23N3O. The lowest BCUT2D eigenvalue weighted by molar-refractivity contribution is 0.360. The van der Waals surface area contributed by atoms with Gasteiger partial charge in [0.15, 0.2) is 0 Å². The van der Waals surface area contributed by atoms with Gasteiger partial charge in [0.05, 0.1) is 12.8 Å². The van der Waals surface area contributed by atoms with Crippen molar-refractivity contribution in [2.24, 2.45) is 0 Å². The van der Waals surface area contributed by atoms with Crippen molar-refractivity contribution in [3.8, 4) is 5.75 Å². The third-order valence-electron chi connectivity index (χ3n) is 3.54. The highest BCUT2D eigenvalue weighted by molar-refractivity contribution is 5.65. The Morgan fingerprint density at radius 1 is 1.17 bits per heavy atom. The van der Waals surface area contributed by atoms with E-state index in [0.717, 1.165) is 31.1 Å². The summed E-state index contributed by atoms with van der Waals surface area (Å²) in [6.07, 6.45) is 1.22. The maximum atomic E-state index is 5.33. The fourth-order valence-corrected chi connectivity index (χ4v) is 2.39. The van der Waals surface area contributed by atoms with Gasteiger partial charge in [0.2, 0.25) is 0 Å². The van der Waals surface area contributed by atoms with Gasteiger partial charge in [-0.1, -0.05) is 0 Å². The second-order valence-electron chi connectivity index (χ2n) is 4.78. The Kier molecular flexibility index (Phi) is 4.31. The van der Waals surface area contributed by atoms with Gasteiger partial charge < -0.3 is 19.9 Å². The summed E-state index contributed by atoms with van der Waals surface area (Å²) in [7, 11) is 5.82. The quantitative estimate of drug-likeness (QED) is 0.885. The van der Waals surface area contributed by atoms with E-state index in [2.05, 4.69) is 34.3 Å². The van der Waals surface area contributed by atoms with E-state index < -0.39 is 0 Å². The van der Waals surface area contributed by atoms with Crippen LogP contribution in [0.15, 0.2) is 18.2 Å². The molecule has 1 fully saturated rings. The molecule has 1 aromatic carbocycles. The van der Waals surface area contributed by atoms with Gasteiger partial charge in [-0.2, -0.15) is 0 Å². The Morgan fingerprint density at radius 3 is 2.72 bits per heavy atom. The maximum absolute atomic E-state index is 5.33. The molecule has 0 saturated carbocycles. The van der Waals surface area contributed by atoms with E-state index in [0.29, 0.717) is 0 Å². The average Bonchev–Trinajstić information content (AvgIpc) is 2.62. The van der Waals surface area contributed by atoms with Crippen LogP contribution in [0.2, 0.25) is 0 Å². The van der Waals surface area contributed by atoms with Crippen LogP contribution in [-0.4, -0.2) is 52.3 Å². The molecule has 1 heterocycles. The molecule has 1 aliphatic rings. The molecular weight excluding hydrogens is 226 g/mol. The molecule has 0 atom stereocenters. The molecule has 1 aromatic rings. The summed E-state index contributed by atoms with van der Waals surface area (Å²) in [5, 5.41) is 3.19. The zero-order chi connectivity index (χ0) is 13.0. The molecule has 0 bridgehead atoms. The Balaban J connectivity index is 2.17. The van der Waals surface area contributed by atoms with Gasteiger partial charge in [-0.25, -0.2) is 0 Å². The summed E-state index contributed by atoms with van der Waals surface area (Å²) < 4.78 is 5.33. The highest BCUT2D eigenvalue weighted by Gasteiger charge is 2.13. The minimum absolute atomic E-state index is 0.896. The first kappa shape index (κ1) is 13.0. The molecule has 0 amide bonds. The fraction of sp³-hybridized carbons (Fsp3) is 0.571. The predicted octanol–water partition coefficient (Wildman–Crippen LogP) is 1.88. The van der Waals surface area contributed by atoms with Gasteiger partial charge in [-0.05, 0) is 38.2 Å². The lowest BCUT2D eigenvalue weighted by Gasteiger charge is -2.24. The van der Waals surface area contributed by atoms with E-state index >= 15 is 0 Å². The van der Waals surface area contributed by atoms with E-state index in [4.69, 9.17) is 4.74 Å².